The second kappa shape index (κ2) is 11.6. The topological polar surface area (TPSA) is 81.0 Å². The van der Waals surface area contributed by atoms with E-state index >= 15 is 0 Å². The maximum absolute atomic E-state index is 13.3. The number of fused-ring (bicyclic) bond motifs is 1. The first-order chi connectivity index (χ1) is 16.5. The van der Waals surface area contributed by atoms with Crippen LogP contribution >= 0.6 is 11.3 Å². The molecule has 0 saturated heterocycles. The van der Waals surface area contributed by atoms with Crippen LogP contribution < -0.4 is 4.80 Å². The third kappa shape index (κ3) is 6.46. The molecule has 0 aliphatic carbocycles. The number of carbonyl (C=O) groups is 1. The molecule has 3 aromatic rings. The molecule has 9 heteroatoms. The molecule has 3 rings (SSSR count). The van der Waals surface area contributed by atoms with E-state index in [2.05, 4.69) is 4.99 Å². The fourth-order valence-electron chi connectivity index (χ4n) is 3.94. The summed E-state index contributed by atoms with van der Waals surface area (Å²) in [5, 5.41) is 0. The van der Waals surface area contributed by atoms with Gasteiger partial charge in [-0.1, -0.05) is 51.2 Å². The number of nitrogens with zero attached hydrogens (tertiary/aromatic N) is 3. The van der Waals surface area contributed by atoms with Crippen LogP contribution in [0.1, 0.15) is 43.6 Å². The number of carbonyl (C=O) groups excluding carboxylic acids is 1. The molecule has 2 aromatic carbocycles. The van der Waals surface area contributed by atoms with Gasteiger partial charge in [-0.05, 0) is 54.7 Å². The summed E-state index contributed by atoms with van der Waals surface area (Å²) >= 11 is 1.45. The van der Waals surface area contributed by atoms with E-state index < -0.39 is 15.9 Å². The zero-order valence-electron chi connectivity index (χ0n) is 21.3. The number of benzene rings is 2. The Morgan fingerprint density at radius 2 is 1.69 bits per heavy atom. The van der Waals surface area contributed by atoms with Crippen LogP contribution in [0.2, 0.25) is 0 Å². The Bertz CT molecular complexity index is 1330. The zero-order chi connectivity index (χ0) is 25.8. The fraction of sp³-hybridized carbons (Fsp3) is 0.462. The van der Waals surface area contributed by atoms with Crippen molar-refractivity contribution >= 4 is 37.5 Å². The molecule has 0 aliphatic rings. The SMILES string of the molecule is COCCn1c(=NC(=O)c2ccc(S(=O)(=O)N(CC(C)C)CC(C)C)cc2)sc2cccc(C)c21. The lowest BCUT2D eigenvalue weighted by molar-refractivity contribution is 0.0997. The predicted molar refractivity (Wildman–Crippen MR) is 141 cm³/mol. The summed E-state index contributed by atoms with van der Waals surface area (Å²) < 4.78 is 36.3. The van der Waals surface area contributed by atoms with Gasteiger partial charge in [0.25, 0.3) is 5.91 Å². The Morgan fingerprint density at radius 1 is 1.06 bits per heavy atom. The van der Waals surface area contributed by atoms with Crippen LogP contribution in [0, 0.1) is 18.8 Å². The van der Waals surface area contributed by atoms with Crippen LogP contribution in [0.4, 0.5) is 0 Å². The summed E-state index contributed by atoms with van der Waals surface area (Å²) in [5.74, 6) is 0.00129. The van der Waals surface area contributed by atoms with Crippen LogP contribution in [0.5, 0.6) is 0 Å². The fourth-order valence-corrected chi connectivity index (χ4v) is 6.84. The van der Waals surface area contributed by atoms with Gasteiger partial charge in [-0.25, -0.2) is 8.42 Å². The van der Waals surface area contributed by atoms with Crippen molar-refractivity contribution in [3.8, 4) is 0 Å². The minimum atomic E-state index is -3.66. The van der Waals surface area contributed by atoms with E-state index in [9.17, 15) is 13.2 Å². The zero-order valence-corrected chi connectivity index (χ0v) is 22.9. The normalized spacial score (nSPS) is 13.0. The molecule has 7 nitrogen and oxygen atoms in total. The highest BCUT2D eigenvalue weighted by molar-refractivity contribution is 7.89. The van der Waals surface area contributed by atoms with Gasteiger partial charge in [-0.15, -0.1) is 0 Å². The third-order valence-corrected chi connectivity index (χ3v) is 8.39. The van der Waals surface area contributed by atoms with E-state index in [-0.39, 0.29) is 16.7 Å². The molecule has 0 bridgehead atoms. The molecule has 0 atom stereocenters. The van der Waals surface area contributed by atoms with Gasteiger partial charge < -0.3 is 9.30 Å². The van der Waals surface area contributed by atoms with Crippen LogP contribution in [0.25, 0.3) is 10.2 Å². The van der Waals surface area contributed by atoms with Crippen molar-refractivity contribution in [2.24, 2.45) is 16.8 Å². The highest BCUT2D eigenvalue weighted by Gasteiger charge is 2.26. The minimum absolute atomic E-state index is 0.183. The van der Waals surface area contributed by atoms with Gasteiger partial charge in [0.05, 0.1) is 21.7 Å². The van der Waals surface area contributed by atoms with Crippen molar-refractivity contribution in [1.29, 1.82) is 0 Å². The maximum Gasteiger partial charge on any atom is 0.279 e. The Labute approximate surface area is 212 Å². The Hall–Kier alpha value is -2.33. The van der Waals surface area contributed by atoms with E-state index in [1.165, 1.54) is 27.8 Å². The predicted octanol–water partition coefficient (Wildman–Crippen LogP) is 4.70. The molecule has 35 heavy (non-hydrogen) atoms. The number of aryl methyl sites for hydroxylation is 1. The number of hydrogen-bond acceptors (Lipinski definition) is 5. The average molecular weight is 518 g/mol. The van der Waals surface area contributed by atoms with Gasteiger partial charge in [-0.2, -0.15) is 9.30 Å². The van der Waals surface area contributed by atoms with Gasteiger partial charge in [0.2, 0.25) is 10.0 Å². The van der Waals surface area contributed by atoms with Gasteiger partial charge in [-0.3, -0.25) is 4.79 Å². The number of thiazole rings is 1. The second-order valence-corrected chi connectivity index (χ2v) is 12.4. The van der Waals surface area contributed by atoms with E-state index in [0.717, 1.165) is 15.8 Å². The smallest absolute Gasteiger partial charge is 0.279 e. The lowest BCUT2D eigenvalue weighted by Gasteiger charge is -2.25. The number of sulfonamides is 1. The van der Waals surface area contributed by atoms with Gasteiger partial charge in [0, 0.05) is 32.3 Å². The average Bonchev–Trinajstić information content (AvgIpc) is 3.14. The summed E-state index contributed by atoms with van der Waals surface area (Å²) in [6.45, 7) is 12.0. The van der Waals surface area contributed by atoms with Gasteiger partial charge in [0.1, 0.15) is 0 Å². The van der Waals surface area contributed by atoms with Crippen LogP contribution in [0.3, 0.4) is 0 Å². The number of aromatic nitrogens is 1. The Morgan fingerprint density at radius 3 is 2.26 bits per heavy atom. The summed E-state index contributed by atoms with van der Waals surface area (Å²) in [4.78, 5) is 18.2. The third-order valence-electron chi connectivity index (χ3n) is 5.50. The molecule has 1 amide bonds. The van der Waals surface area contributed by atoms with Crippen molar-refractivity contribution < 1.29 is 17.9 Å². The molecule has 1 aromatic heterocycles. The van der Waals surface area contributed by atoms with Crippen molar-refractivity contribution in [2.75, 3.05) is 26.8 Å². The van der Waals surface area contributed by atoms with Gasteiger partial charge >= 0.3 is 0 Å². The molecule has 190 valence electrons. The Balaban J connectivity index is 1.95. The quantitative estimate of drug-likeness (QED) is 0.390. The molecule has 1 heterocycles. The number of rotatable bonds is 10. The highest BCUT2D eigenvalue weighted by atomic mass is 32.2. The van der Waals surface area contributed by atoms with Crippen molar-refractivity contribution in [3.63, 3.8) is 0 Å². The number of amides is 1. The first kappa shape index (κ1) is 27.3. The van der Waals surface area contributed by atoms with Crippen molar-refractivity contribution in [2.45, 2.75) is 46.1 Å². The molecule has 0 aliphatic heterocycles. The van der Waals surface area contributed by atoms with Crippen molar-refractivity contribution in [1.82, 2.24) is 8.87 Å². The van der Waals surface area contributed by atoms with Crippen LogP contribution in [0.15, 0.2) is 52.4 Å². The molecule has 0 fully saturated rings. The first-order valence-corrected chi connectivity index (χ1v) is 14.1. The monoisotopic (exact) mass is 517 g/mol. The van der Waals surface area contributed by atoms with Crippen LogP contribution in [-0.4, -0.2) is 50.0 Å². The number of methoxy groups -OCH3 is 1. The van der Waals surface area contributed by atoms with E-state index in [0.29, 0.717) is 36.6 Å². The number of ether oxygens (including phenoxy) is 1. The molecule has 0 spiro atoms. The first-order valence-electron chi connectivity index (χ1n) is 11.8. The largest absolute Gasteiger partial charge is 0.383 e. The highest BCUT2D eigenvalue weighted by Crippen LogP contribution is 2.22. The summed E-state index contributed by atoms with van der Waals surface area (Å²) in [5.41, 5.74) is 2.49. The molecule has 0 unspecified atom stereocenters. The molecular formula is C26H35N3O4S2. The summed E-state index contributed by atoms with van der Waals surface area (Å²) in [7, 11) is -2.01. The molecular weight excluding hydrogens is 482 g/mol. The van der Waals surface area contributed by atoms with E-state index in [1.807, 2.05) is 57.4 Å². The summed E-state index contributed by atoms with van der Waals surface area (Å²) in [6, 6.07) is 12.1. The van der Waals surface area contributed by atoms with E-state index in [4.69, 9.17) is 4.74 Å². The van der Waals surface area contributed by atoms with E-state index in [1.54, 1.807) is 19.2 Å². The number of para-hydroxylation sites is 1. The molecule has 0 radical (unpaired) electrons. The lowest BCUT2D eigenvalue weighted by Crippen LogP contribution is -2.37. The maximum atomic E-state index is 13.3. The minimum Gasteiger partial charge on any atom is -0.383 e. The lowest BCUT2D eigenvalue weighted by atomic mass is 10.2. The van der Waals surface area contributed by atoms with Gasteiger partial charge in [0.15, 0.2) is 4.80 Å². The number of hydrogen-bond donors (Lipinski definition) is 0. The summed E-state index contributed by atoms with van der Waals surface area (Å²) in [6.07, 6.45) is 0. The molecule has 0 N–H and O–H groups in total. The molecule has 0 saturated carbocycles. The Kier molecular flexibility index (Phi) is 9.04. The van der Waals surface area contributed by atoms with Crippen LogP contribution in [-0.2, 0) is 21.3 Å². The van der Waals surface area contributed by atoms with Crippen molar-refractivity contribution in [3.05, 3.63) is 58.4 Å². The second-order valence-electron chi connectivity index (χ2n) is 9.50. The standard InChI is InChI=1S/C26H35N3O4S2/c1-18(2)16-28(17-19(3)4)35(31,32)22-12-10-21(11-13-22)25(30)27-26-29(14-15-33-6)24-20(5)8-7-9-23(24)34-26/h7-13,18-19H,14-17H2,1-6H3.